The van der Waals surface area contributed by atoms with Crippen molar-refractivity contribution >= 4 is 29.2 Å². The number of nitro benzene ring substituents is 1. The average Bonchev–Trinajstić information content (AvgIpc) is 2.72. The van der Waals surface area contributed by atoms with Crippen LogP contribution in [0.4, 0.5) is 11.4 Å². The van der Waals surface area contributed by atoms with Crippen molar-refractivity contribution in [3.8, 4) is 0 Å². The lowest BCUT2D eigenvalue weighted by atomic mass is 10.0. The number of carbonyl (C=O) groups is 3. The zero-order chi connectivity index (χ0) is 24.4. The van der Waals surface area contributed by atoms with Crippen LogP contribution in [0.3, 0.4) is 0 Å². The van der Waals surface area contributed by atoms with Gasteiger partial charge in [-0.15, -0.1) is 0 Å². The molecule has 0 saturated carbocycles. The third-order valence-electron chi connectivity index (χ3n) is 4.46. The fourth-order valence-electron chi connectivity index (χ4n) is 3.08. The van der Waals surface area contributed by atoms with Crippen molar-refractivity contribution in [3.05, 3.63) is 70.3 Å². The topological polar surface area (TPSA) is 128 Å². The molecular formula is C24H29N3O6. The number of benzene rings is 2. The Bertz CT molecular complexity index is 968. The summed E-state index contributed by atoms with van der Waals surface area (Å²) in [6.45, 7) is 5.26. The minimum atomic E-state index is -0.626. The minimum absolute atomic E-state index is 0.00986. The molecule has 0 spiro atoms. The van der Waals surface area contributed by atoms with Crippen molar-refractivity contribution in [1.82, 2.24) is 5.32 Å². The molecule has 2 amide bonds. The van der Waals surface area contributed by atoms with Gasteiger partial charge in [0.1, 0.15) is 5.60 Å². The summed E-state index contributed by atoms with van der Waals surface area (Å²) in [6.07, 6.45) is 0.303. The highest BCUT2D eigenvalue weighted by Gasteiger charge is 2.20. The maximum atomic E-state index is 12.6. The van der Waals surface area contributed by atoms with Crippen LogP contribution in [0, 0.1) is 10.1 Å². The Kier molecular flexibility index (Phi) is 9.08. The Morgan fingerprint density at radius 2 is 1.61 bits per heavy atom. The predicted molar refractivity (Wildman–Crippen MR) is 123 cm³/mol. The smallest absolute Gasteiger partial charge is 0.306 e. The number of rotatable bonds is 10. The fraction of sp³-hybridized carbons (Fsp3) is 0.375. The van der Waals surface area contributed by atoms with Crippen molar-refractivity contribution in [3.63, 3.8) is 0 Å². The summed E-state index contributed by atoms with van der Waals surface area (Å²) in [5, 5.41) is 16.3. The van der Waals surface area contributed by atoms with Gasteiger partial charge in [0.2, 0.25) is 11.8 Å². The standard InChI is InChI=1S/C24H29N3O6/c1-24(2,3)33-23(30)14-13-21(28)26-19(15-17-7-5-4-6-8-17)16-22(29)25-18-9-11-20(12-10-18)27(31)32/h4-12,19H,13-16H2,1-3H3,(H,25,29)(H,26,28). The summed E-state index contributed by atoms with van der Waals surface area (Å²) in [7, 11) is 0. The number of hydrogen-bond acceptors (Lipinski definition) is 6. The molecular weight excluding hydrogens is 426 g/mol. The lowest BCUT2D eigenvalue weighted by molar-refractivity contribution is -0.384. The number of esters is 1. The zero-order valence-corrected chi connectivity index (χ0v) is 19.0. The summed E-state index contributed by atoms with van der Waals surface area (Å²) in [6, 6.07) is 14.4. The highest BCUT2D eigenvalue weighted by molar-refractivity contribution is 5.91. The van der Waals surface area contributed by atoms with E-state index in [1.807, 2.05) is 30.3 Å². The quantitative estimate of drug-likeness (QED) is 0.319. The van der Waals surface area contributed by atoms with Gasteiger partial charge in [-0.05, 0) is 44.9 Å². The molecule has 176 valence electrons. The molecule has 2 aromatic rings. The van der Waals surface area contributed by atoms with Crippen LogP contribution in [0.2, 0.25) is 0 Å². The molecule has 33 heavy (non-hydrogen) atoms. The molecule has 0 saturated heterocycles. The monoisotopic (exact) mass is 455 g/mol. The van der Waals surface area contributed by atoms with Gasteiger partial charge in [0.25, 0.3) is 5.69 Å². The summed E-state index contributed by atoms with van der Waals surface area (Å²) in [5.74, 6) is -1.17. The van der Waals surface area contributed by atoms with Crippen molar-refractivity contribution < 1.29 is 24.0 Å². The molecule has 0 radical (unpaired) electrons. The SMILES string of the molecule is CC(C)(C)OC(=O)CCC(=O)NC(CC(=O)Nc1ccc([N+](=O)[O-])cc1)Cc1ccccc1. The maximum Gasteiger partial charge on any atom is 0.306 e. The molecule has 0 bridgehead atoms. The van der Waals surface area contributed by atoms with Crippen molar-refractivity contribution in [2.45, 2.75) is 58.1 Å². The number of hydrogen-bond donors (Lipinski definition) is 2. The lowest BCUT2D eigenvalue weighted by Gasteiger charge is -2.20. The number of non-ortho nitro benzene ring substituents is 1. The molecule has 0 aliphatic carbocycles. The molecule has 9 heteroatoms. The van der Waals surface area contributed by atoms with Crippen LogP contribution in [0.25, 0.3) is 0 Å². The van der Waals surface area contributed by atoms with Crippen LogP contribution in [0.15, 0.2) is 54.6 Å². The van der Waals surface area contributed by atoms with Gasteiger partial charge in [-0.25, -0.2) is 0 Å². The Morgan fingerprint density at radius 1 is 0.970 bits per heavy atom. The molecule has 9 nitrogen and oxygen atoms in total. The van der Waals surface area contributed by atoms with E-state index in [0.29, 0.717) is 12.1 Å². The molecule has 1 atom stereocenters. The summed E-state index contributed by atoms with van der Waals surface area (Å²) in [5.41, 5.74) is 0.657. The molecule has 0 aromatic heterocycles. The number of carbonyl (C=O) groups excluding carboxylic acids is 3. The molecule has 0 heterocycles. The van der Waals surface area contributed by atoms with Gasteiger partial charge in [0, 0.05) is 36.7 Å². The fourth-order valence-corrected chi connectivity index (χ4v) is 3.08. The Hall–Kier alpha value is -3.75. The Morgan fingerprint density at radius 3 is 2.18 bits per heavy atom. The normalized spacial score (nSPS) is 11.8. The van der Waals surface area contributed by atoms with Crippen LogP contribution in [-0.4, -0.2) is 34.3 Å². The number of anilines is 1. The van der Waals surface area contributed by atoms with Gasteiger partial charge in [-0.3, -0.25) is 24.5 Å². The second-order valence-electron chi connectivity index (χ2n) is 8.60. The number of amides is 2. The predicted octanol–water partition coefficient (Wildman–Crippen LogP) is 3.77. The van der Waals surface area contributed by atoms with E-state index in [1.165, 1.54) is 24.3 Å². The molecule has 1 unspecified atom stereocenters. The number of nitro groups is 1. The van der Waals surface area contributed by atoms with Crippen LogP contribution >= 0.6 is 0 Å². The van der Waals surface area contributed by atoms with Crippen molar-refractivity contribution in [2.24, 2.45) is 0 Å². The number of nitrogens with zero attached hydrogens (tertiary/aromatic N) is 1. The molecule has 0 aliphatic heterocycles. The van der Waals surface area contributed by atoms with Crippen molar-refractivity contribution in [2.75, 3.05) is 5.32 Å². The first-order valence-electron chi connectivity index (χ1n) is 10.6. The molecule has 2 N–H and O–H groups in total. The zero-order valence-electron chi connectivity index (χ0n) is 19.0. The molecule has 0 fully saturated rings. The van der Waals surface area contributed by atoms with Gasteiger partial charge in [0.15, 0.2) is 0 Å². The highest BCUT2D eigenvalue weighted by atomic mass is 16.6. The van der Waals surface area contributed by atoms with E-state index in [1.54, 1.807) is 20.8 Å². The first-order valence-corrected chi connectivity index (χ1v) is 10.6. The van der Waals surface area contributed by atoms with Crippen molar-refractivity contribution in [1.29, 1.82) is 0 Å². The first kappa shape index (κ1) is 25.5. The second-order valence-corrected chi connectivity index (χ2v) is 8.60. The van der Waals surface area contributed by atoms with Crippen LogP contribution in [-0.2, 0) is 25.5 Å². The largest absolute Gasteiger partial charge is 0.460 e. The van der Waals surface area contributed by atoms with E-state index < -0.39 is 22.5 Å². The lowest BCUT2D eigenvalue weighted by Crippen LogP contribution is -2.39. The molecule has 0 aliphatic rings. The molecule has 2 rings (SSSR count). The molecule has 2 aromatic carbocycles. The van der Waals surface area contributed by atoms with E-state index in [9.17, 15) is 24.5 Å². The third-order valence-corrected chi connectivity index (χ3v) is 4.46. The number of nitrogens with one attached hydrogen (secondary N) is 2. The van der Waals surface area contributed by atoms with Gasteiger partial charge >= 0.3 is 5.97 Å². The van der Waals surface area contributed by atoms with Crippen LogP contribution in [0.5, 0.6) is 0 Å². The Balaban J connectivity index is 1.98. The average molecular weight is 456 g/mol. The van der Waals surface area contributed by atoms with E-state index in [4.69, 9.17) is 4.74 Å². The number of ether oxygens (including phenoxy) is 1. The van der Waals surface area contributed by atoms with Gasteiger partial charge in [-0.1, -0.05) is 30.3 Å². The van der Waals surface area contributed by atoms with Crippen LogP contribution < -0.4 is 10.6 Å². The first-order chi connectivity index (χ1) is 15.5. The minimum Gasteiger partial charge on any atom is -0.460 e. The van der Waals surface area contributed by atoms with Gasteiger partial charge in [0.05, 0.1) is 11.3 Å². The summed E-state index contributed by atoms with van der Waals surface area (Å²) >= 11 is 0. The third kappa shape index (κ3) is 9.94. The second kappa shape index (κ2) is 11.8. The van der Waals surface area contributed by atoms with Gasteiger partial charge in [-0.2, -0.15) is 0 Å². The summed E-state index contributed by atoms with van der Waals surface area (Å²) < 4.78 is 5.22. The van der Waals surface area contributed by atoms with Crippen LogP contribution in [0.1, 0.15) is 45.6 Å². The van der Waals surface area contributed by atoms with E-state index >= 15 is 0 Å². The summed E-state index contributed by atoms with van der Waals surface area (Å²) in [4.78, 5) is 47.1. The maximum absolute atomic E-state index is 12.6. The van der Waals surface area contributed by atoms with E-state index in [2.05, 4.69) is 10.6 Å². The van der Waals surface area contributed by atoms with E-state index in [-0.39, 0.29) is 36.8 Å². The highest BCUT2D eigenvalue weighted by Crippen LogP contribution is 2.16. The Labute approximate surface area is 192 Å². The van der Waals surface area contributed by atoms with Gasteiger partial charge < -0.3 is 15.4 Å². The van der Waals surface area contributed by atoms with E-state index in [0.717, 1.165) is 5.56 Å².